The first kappa shape index (κ1) is 14.7. The molecule has 0 amide bonds. The fourth-order valence-corrected chi connectivity index (χ4v) is 2.51. The summed E-state index contributed by atoms with van der Waals surface area (Å²) >= 11 is 0. The molecule has 6 heteroatoms. The second-order valence-electron chi connectivity index (χ2n) is 5.01. The molecule has 1 unspecified atom stereocenters. The first-order valence-electron chi connectivity index (χ1n) is 6.92. The van der Waals surface area contributed by atoms with E-state index in [0.29, 0.717) is 12.6 Å². The number of non-ortho nitro benzene ring substituents is 1. The third-order valence-corrected chi connectivity index (χ3v) is 3.57. The van der Waals surface area contributed by atoms with E-state index < -0.39 is 0 Å². The van der Waals surface area contributed by atoms with E-state index in [9.17, 15) is 10.1 Å². The molecule has 1 heterocycles. The SMILES string of the molecule is COCCN(CC1CCCN1)c1cccc([N+](=O)[O-])c1. The van der Waals surface area contributed by atoms with Crippen molar-refractivity contribution in [2.45, 2.75) is 18.9 Å². The molecule has 20 heavy (non-hydrogen) atoms. The van der Waals surface area contributed by atoms with Crippen LogP contribution in [0.3, 0.4) is 0 Å². The Morgan fingerprint density at radius 3 is 3.05 bits per heavy atom. The number of nitrogens with one attached hydrogen (secondary N) is 1. The van der Waals surface area contributed by atoms with Crippen molar-refractivity contribution in [2.75, 3.05) is 38.3 Å². The molecule has 0 spiro atoms. The van der Waals surface area contributed by atoms with Crippen molar-refractivity contribution in [3.63, 3.8) is 0 Å². The van der Waals surface area contributed by atoms with Crippen LogP contribution >= 0.6 is 0 Å². The summed E-state index contributed by atoms with van der Waals surface area (Å²) in [6.07, 6.45) is 2.34. The van der Waals surface area contributed by atoms with Gasteiger partial charge >= 0.3 is 0 Å². The van der Waals surface area contributed by atoms with E-state index in [0.717, 1.165) is 31.7 Å². The molecule has 2 rings (SSSR count). The van der Waals surface area contributed by atoms with Crippen LogP contribution in [0.25, 0.3) is 0 Å². The molecule has 1 aliphatic heterocycles. The zero-order valence-electron chi connectivity index (χ0n) is 11.7. The zero-order valence-corrected chi connectivity index (χ0v) is 11.7. The van der Waals surface area contributed by atoms with Gasteiger partial charge in [0.15, 0.2) is 0 Å². The van der Waals surface area contributed by atoms with Gasteiger partial charge in [0.2, 0.25) is 0 Å². The molecule has 6 nitrogen and oxygen atoms in total. The van der Waals surface area contributed by atoms with Gasteiger partial charge in [-0.25, -0.2) is 0 Å². The number of nitro benzene ring substituents is 1. The summed E-state index contributed by atoms with van der Waals surface area (Å²) in [4.78, 5) is 12.7. The predicted octanol–water partition coefficient (Wildman–Crippen LogP) is 1.80. The molecule has 110 valence electrons. The number of hydrogen-bond acceptors (Lipinski definition) is 5. The Morgan fingerprint density at radius 2 is 2.40 bits per heavy atom. The summed E-state index contributed by atoms with van der Waals surface area (Å²) in [5.74, 6) is 0. The molecule has 0 radical (unpaired) electrons. The molecule has 1 fully saturated rings. The van der Waals surface area contributed by atoms with Crippen LogP contribution in [0, 0.1) is 10.1 Å². The highest BCUT2D eigenvalue weighted by atomic mass is 16.6. The fourth-order valence-electron chi connectivity index (χ4n) is 2.51. The Hall–Kier alpha value is -1.66. The summed E-state index contributed by atoms with van der Waals surface area (Å²) in [6, 6.07) is 7.25. The lowest BCUT2D eigenvalue weighted by Crippen LogP contribution is -2.39. The first-order valence-corrected chi connectivity index (χ1v) is 6.92. The van der Waals surface area contributed by atoms with E-state index in [4.69, 9.17) is 4.74 Å². The first-order chi connectivity index (χ1) is 9.70. The summed E-state index contributed by atoms with van der Waals surface area (Å²) in [6.45, 7) is 3.24. The van der Waals surface area contributed by atoms with Crippen molar-refractivity contribution in [3.8, 4) is 0 Å². The Balaban J connectivity index is 2.11. The predicted molar refractivity (Wildman–Crippen MR) is 78.2 cm³/mol. The van der Waals surface area contributed by atoms with E-state index in [-0.39, 0.29) is 10.6 Å². The van der Waals surface area contributed by atoms with Crippen LogP contribution in [0.4, 0.5) is 11.4 Å². The molecular formula is C14H21N3O3. The second-order valence-corrected chi connectivity index (χ2v) is 5.01. The van der Waals surface area contributed by atoms with Crippen LogP contribution in [-0.2, 0) is 4.74 Å². The summed E-state index contributed by atoms with van der Waals surface area (Å²) in [5, 5.41) is 14.3. The molecule has 1 saturated heterocycles. The maximum absolute atomic E-state index is 10.9. The minimum atomic E-state index is -0.355. The lowest BCUT2D eigenvalue weighted by molar-refractivity contribution is -0.384. The lowest BCUT2D eigenvalue weighted by Gasteiger charge is -2.27. The highest BCUT2D eigenvalue weighted by Gasteiger charge is 2.19. The Morgan fingerprint density at radius 1 is 1.55 bits per heavy atom. The number of ether oxygens (including phenoxy) is 1. The molecule has 0 aliphatic carbocycles. The zero-order chi connectivity index (χ0) is 14.4. The average molecular weight is 279 g/mol. The van der Waals surface area contributed by atoms with Crippen molar-refractivity contribution >= 4 is 11.4 Å². The molecule has 1 atom stereocenters. The van der Waals surface area contributed by atoms with Gasteiger partial charge < -0.3 is 15.0 Å². The lowest BCUT2D eigenvalue weighted by atomic mass is 10.2. The van der Waals surface area contributed by atoms with Crippen molar-refractivity contribution in [1.29, 1.82) is 0 Å². The maximum atomic E-state index is 10.9. The van der Waals surface area contributed by atoms with Gasteiger partial charge in [-0.05, 0) is 25.5 Å². The van der Waals surface area contributed by atoms with E-state index in [1.54, 1.807) is 19.2 Å². The molecule has 0 saturated carbocycles. The number of nitrogens with zero attached hydrogens (tertiary/aromatic N) is 2. The van der Waals surface area contributed by atoms with E-state index in [2.05, 4.69) is 10.2 Å². The third-order valence-electron chi connectivity index (χ3n) is 3.57. The van der Waals surface area contributed by atoms with Crippen molar-refractivity contribution < 1.29 is 9.66 Å². The van der Waals surface area contributed by atoms with Crippen molar-refractivity contribution in [2.24, 2.45) is 0 Å². The number of anilines is 1. The Labute approximate surface area is 118 Å². The third kappa shape index (κ3) is 3.91. The number of methoxy groups -OCH3 is 1. The average Bonchev–Trinajstić information content (AvgIpc) is 2.96. The normalized spacial score (nSPS) is 18.1. The quantitative estimate of drug-likeness (QED) is 0.609. The van der Waals surface area contributed by atoms with Gasteiger partial charge in [-0.15, -0.1) is 0 Å². The van der Waals surface area contributed by atoms with Crippen LogP contribution < -0.4 is 10.2 Å². The fraction of sp³-hybridized carbons (Fsp3) is 0.571. The minimum absolute atomic E-state index is 0.129. The van der Waals surface area contributed by atoms with Gasteiger partial charge in [-0.1, -0.05) is 6.07 Å². The van der Waals surface area contributed by atoms with Crippen LogP contribution in [0.5, 0.6) is 0 Å². The van der Waals surface area contributed by atoms with E-state index in [1.165, 1.54) is 12.5 Å². The molecule has 1 aromatic rings. The van der Waals surface area contributed by atoms with Gasteiger partial charge in [0, 0.05) is 44.1 Å². The summed E-state index contributed by atoms with van der Waals surface area (Å²) in [5.41, 5.74) is 1.01. The van der Waals surface area contributed by atoms with Crippen LogP contribution in [0.15, 0.2) is 24.3 Å². The number of hydrogen-bond donors (Lipinski definition) is 1. The van der Waals surface area contributed by atoms with Crippen LogP contribution in [0.2, 0.25) is 0 Å². The van der Waals surface area contributed by atoms with E-state index >= 15 is 0 Å². The van der Waals surface area contributed by atoms with E-state index in [1.807, 2.05) is 6.07 Å². The smallest absolute Gasteiger partial charge is 0.271 e. The van der Waals surface area contributed by atoms with Crippen LogP contribution in [0.1, 0.15) is 12.8 Å². The van der Waals surface area contributed by atoms with Crippen molar-refractivity contribution in [3.05, 3.63) is 34.4 Å². The number of benzene rings is 1. The molecule has 1 aromatic carbocycles. The highest BCUT2D eigenvalue weighted by Crippen LogP contribution is 2.22. The minimum Gasteiger partial charge on any atom is -0.383 e. The molecular weight excluding hydrogens is 258 g/mol. The van der Waals surface area contributed by atoms with Gasteiger partial charge in [0.25, 0.3) is 5.69 Å². The maximum Gasteiger partial charge on any atom is 0.271 e. The molecule has 0 bridgehead atoms. The Kier molecular flexibility index (Phi) is 5.31. The van der Waals surface area contributed by atoms with Crippen molar-refractivity contribution in [1.82, 2.24) is 5.32 Å². The van der Waals surface area contributed by atoms with Gasteiger partial charge in [-0.3, -0.25) is 10.1 Å². The molecule has 1 N–H and O–H groups in total. The highest BCUT2D eigenvalue weighted by molar-refractivity contribution is 5.53. The number of rotatable bonds is 7. The summed E-state index contributed by atoms with van der Waals surface area (Å²) in [7, 11) is 1.67. The van der Waals surface area contributed by atoms with Gasteiger partial charge in [0.05, 0.1) is 11.5 Å². The topological polar surface area (TPSA) is 67.6 Å². The molecule has 1 aliphatic rings. The van der Waals surface area contributed by atoms with Gasteiger partial charge in [-0.2, -0.15) is 0 Å². The standard InChI is InChI=1S/C14H21N3O3/c1-20-9-8-16(11-12-4-3-7-15-12)13-5-2-6-14(10-13)17(18)19/h2,5-6,10,12,15H,3-4,7-9,11H2,1H3. The second kappa shape index (κ2) is 7.21. The molecule has 0 aromatic heterocycles. The number of nitro groups is 1. The monoisotopic (exact) mass is 279 g/mol. The van der Waals surface area contributed by atoms with Crippen LogP contribution in [-0.4, -0.2) is 44.3 Å². The largest absolute Gasteiger partial charge is 0.383 e. The Bertz CT molecular complexity index is 447. The summed E-state index contributed by atoms with van der Waals surface area (Å²) < 4.78 is 5.14. The van der Waals surface area contributed by atoms with Gasteiger partial charge in [0.1, 0.15) is 0 Å².